The van der Waals surface area contributed by atoms with Crippen LogP contribution in [-0.4, -0.2) is 37.2 Å². The number of hydrogen-bond donors (Lipinski definition) is 1. The zero-order chi connectivity index (χ0) is 26.8. The van der Waals surface area contributed by atoms with Crippen LogP contribution in [0.3, 0.4) is 0 Å². The van der Waals surface area contributed by atoms with Crippen molar-refractivity contribution >= 4 is 11.8 Å². The first kappa shape index (κ1) is 28.3. The van der Waals surface area contributed by atoms with Crippen molar-refractivity contribution in [2.45, 2.75) is 72.1 Å². The van der Waals surface area contributed by atoms with Gasteiger partial charge in [0.2, 0.25) is 0 Å². The van der Waals surface area contributed by atoms with E-state index < -0.39 is 0 Å². The molecule has 37 heavy (non-hydrogen) atoms. The Kier molecular flexibility index (Phi) is 10.6. The number of rotatable bonds is 13. The molecular formula is C31H40O6. The first-order valence-electron chi connectivity index (χ1n) is 13.4. The molecule has 0 fully saturated rings. The molecule has 6 heteroatoms. The zero-order valence-electron chi connectivity index (χ0n) is 22.6. The van der Waals surface area contributed by atoms with Gasteiger partial charge in [-0.3, -0.25) is 4.79 Å². The molecule has 1 atom stereocenters. The molecule has 0 bridgehead atoms. The van der Waals surface area contributed by atoms with Crippen LogP contribution in [0.4, 0.5) is 0 Å². The molecule has 3 rings (SSSR count). The van der Waals surface area contributed by atoms with Gasteiger partial charge in [-0.25, -0.2) is 4.79 Å². The highest BCUT2D eigenvalue weighted by Gasteiger charge is 2.22. The number of carbonyl (C=O) groups is 2. The number of carbonyl (C=O) groups excluding carboxylic acids is 2. The maximum Gasteiger partial charge on any atom is 0.330 e. The van der Waals surface area contributed by atoms with E-state index in [4.69, 9.17) is 14.2 Å². The molecule has 0 heterocycles. The van der Waals surface area contributed by atoms with E-state index in [1.54, 1.807) is 12.1 Å². The average Bonchev–Trinajstić information content (AvgIpc) is 2.89. The van der Waals surface area contributed by atoms with E-state index in [2.05, 4.69) is 19.1 Å². The van der Waals surface area contributed by atoms with Crippen molar-refractivity contribution in [3.8, 4) is 17.2 Å². The van der Waals surface area contributed by atoms with Crippen LogP contribution in [0.1, 0.15) is 79.1 Å². The molecule has 0 saturated carbocycles. The summed E-state index contributed by atoms with van der Waals surface area (Å²) in [4.78, 5) is 23.3. The molecule has 0 spiro atoms. The maximum atomic E-state index is 11.8. The number of allylic oxidation sites excluding steroid dienone is 1. The van der Waals surface area contributed by atoms with Crippen LogP contribution in [0.25, 0.3) is 0 Å². The summed E-state index contributed by atoms with van der Waals surface area (Å²) in [5, 5.41) is 10.5. The monoisotopic (exact) mass is 508 g/mol. The molecule has 0 radical (unpaired) electrons. The number of phenolic OH excluding ortho intramolecular Hbond substituents is 1. The fraction of sp³-hybridized carbons (Fsp3) is 0.484. The standard InChI is InChI=1S/C31H40O6/c1-5-8-25-27-20-22(11-17-30(33)35-4)10-12-23(27)13-15-28(25)36-18-7-19-37-29-16-14-24(21(3)32)31(34)26(29)9-6-2/h11,13-17,22,34H,5-10,12,18-20H2,1-4H3. The predicted molar refractivity (Wildman–Crippen MR) is 145 cm³/mol. The lowest BCUT2D eigenvalue weighted by Crippen LogP contribution is -2.16. The normalized spacial score (nSPS) is 14.9. The van der Waals surface area contributed by atoms with Gasteiger partial charge in [0.05, 0.1) is 25.9 Å². The number of aromatic hydroxyl groups is 1. The summed E-state index contributed by atoms with van der Waals surface area (Å²) < 4.78 is 17.0. The number of benzene rings is 2. The molecular weight excluding hydrogens is 468 g/mol. The molecule has 2 aromatic rings. The Morgan fingerprint density at radius 1 is 1.00 bits per heavy atom. The number of methoxy groups -OCH3 is 1. The van der Waals surface area contributed by atoms with Crippen LogP contribution < -0.4 is 9.47 Å². The van der Waals surface area contributed by atoms with Crippen LogP contribution in [-0.2, 0) is 35.2 Å². The topological polar surface area (TPSA) is 82.1 Å². The third kappa shape index (κ3) is 7.37. The van der Waals surface area contributed by atoms with Crippen molar-refractivity contribution in [1.82, 2.24) is 0 Å². The van der Waals surface area contributed by atoms with E-state index in [0.717, 1.165) is 44.3 Å². The highest BCUT2D eigenvalue weighted by atomic mass is 16.5. The number of ketones is 1. The molecule has 1 N–H and O–H groups in total. The summed E-state index contributed by atoms with van der Waals surface area (Å²) in [5.74, 6) is 1.42. The van der Waals surface area contributed by atoms with Crippen molar-refractivity contribution in [2.75, 3.05) is 20.3 Å². The van der Waals surface area contributed by atoms with Gasteiger partial charge in [0, 0.05) is 18.1 Å². The van der Waals surface area contributed by atoms with Crippen LogP contribution in [0.2, 0.25) is 0 Å². The molecule has 0 aromatic heterocycles. The van der Waals surface area contributed by atoms with Gasteiger partial charge in [-0.05, 0) is 79.8 Å². The summed E-state index contributed by atoms with van der Waals surface area (Å²) in [6.07, 6.45) is 10.6. The number of ether oxygens (including phenoxy) is 3. The lowest BCUT2D eigenvalue weighted by Gasteiger charge is -2.26. The quantitative estimate of drug-likeness (QED) is 0.151. The zero-order valence-corrected chi connectivity index (χ0v) is 22.6. The number of hydrogen-bond acceptors (Lipinski definition) is 6. The molecule has 1 aliphatic carbocycles. The second-order valence-corrected chi connectivity index (χ2v) is 9.61. The van der Waals surface area contributed by atoms with Gasteiger partial charge < -0.3 is 19.3 Å². The molecule has 0 aliphatic heterocycles. The third-order valence-electron chi connectivity index (χ3n) is 6.86. The Labute approximate surface area is 220 Å². The summed E-state index contributed by atoms with van der Waals surface area (Å²) in [7, 11) is 1.40. The van der Waals surface area contributed by atoms with Crippen molar-refractivity contribution in [1.29, 1.82) is 0 Å². The van der Waals surface area contributed by atoms with Gasteiger partial charge in [0.15, 0.2) is 5.78 Å². The number of fused-ring (bicyclic) bond motifs is 1. The van der Waals surface area contributed by atoms with Crippen molar-refractivity contribution in [3.63, 3.8) is 0 Å². The molecule has 0 saturated heterocycles. The molecule has 2 aromatic carbocycles. The minimum absolute atomic E-state index is 0.0288. The van der Waals surface area contributed by atoms with E-state index in [-0.39, 0.29) is 17.5 Å². The Balaban J connectivity index is 1.63. The summed E-state index contributed by atoms with van der Waals surface area (Å²) in [6, 6.07) is 7.67. The van der Waals surface area contributed by atoms with E-state index >= 15 is 0 Å². The van der Waals surface area contributed by atoms with Crippen LogP contribution >= 0.6 is 0 Å². The number of Topliss-reactive ketones (excluding diaryl/α,β-unsaturated/α-hetero) is 1. The molecule has 1 aliphatic rings. The summed E-state index contributed by atoms with van der Waals surface area (Å²) in [6.45, 7) is 6.62. The maximum absolute atomic E-state index is 11.8. The molecule has 0 amide bonds. The summed E-state index contributed by atoms with van der Waals surface area (Å²) in [5.41, 5.74) is 5.02. The lowest BCUT2D eigenvalue weighted by atomic mass is 9.80. The first-order chi connectivity index (χ1) is 17.9. The number of esters is 1. The minimum Gasteiger partial charge on any atom is -0.507 e. The van der Waals surface area contributed by atoms with Gasteiger partial charge in [-0.1, -0.05) is 38.8 Å². The Bertz CT molecular complexity index is 1120. The second-order valence-electron chi connectivity index (χ2n) is 9.61. The Hall–Kier alpha value is -3.28. The fourth-order valence-electron chi connectivity index (χ4n) is 4.97. The molecule has 1 unspecified atom stereocenters. The number of aryl methyl sites for hydroxylation is 1. The van der Waals surface area contributed by atoms with Crippen LogP contribution in [0.5, 0.6) is 17.2 Å². The second kappa shape index (κ2) is 13.9. The van der Waals surface area contributed by atoms with E-state index in [9.17, 15) is 14.7 Å². The molecule has 200 valence electrons. The average molecular weight is 509 g/mol. The smallest absolute Gasteiger partial charge is 0.330 e. The van der Waals surface area contributed by atoms with E-state index in [1.807, 2.05) is 13.0 Å². The Morgan fingerprint density at radius 2 is 1.65 bits per heavy atom. The van der Waals surface area contributed by atoms with Gasteiger partial charge in [0.1, 0.15) is 17.2 Å². The molecule has 6 nitrogen and oxygen atoms in total. The largest absolute Gasteiger partial charge is 0.507 e. The van der Waals surface area contributed by atoms with Gasteiger partial charge in [0.25, 0.3) is 0 Å². The lowest BCUT2D eigenvalue weighted by molar-refractivity contribution is -0.134. The van der Waals surface area contributed by atoms with E-state index in [1.165, 1.54) is 36.8 Å². The van der Waals surface area contributed by atoms with E-state index in [0.29, 0.717) is 48.8 Å². The fourth-order valence-corrected chi connectivity index (χ4v) is 4.97. The highest BCUT2D eigenvalue weighted by Crippen LogP contribution is 2.35. The van der Waals surface area contributed by atoms with Gasteiger partial charge in [-0.15, -0.1) is 0 Å². The SMILES string of the molecule is CCCc1c(OCCCOc2ccc3c(c2CCC)CC(C=CC(=O)OC)CC3)ccc(C(C)=O)c1O. The van der Waals surface area contributed by atoms with Crippen molar-refractivity contribution in [3.05, 3.63) is 64.2 Å². The summed E-state index contributed by atoms with van der Waals surface area (Å²) >= 11 is 0. The first-order valence-corrected chi connectivity index (χ1v) is 13.4. The van der Waals surface area contributed by atoms with Crippen molar-refractivity contribution in [2.24, 2.45) is 5.92 Å². The van der Waals surface area contributed by atoms with Crippen molar-refractivity contribution < 1.29 is 28.9 Å². The highest BCUT2D eigenvalue weighted by molar-refractivity contribution is 5.97. The van der Waals surface area contributed by atoms with Crippen LogP contribution in [0, 0.1) is 5.92 Å². The van der Waals surface area contributed by atoms with Gasteiger partial charge >= 0.3 is 5.97 Å². The van der Waals surface area contributed by atoms with Gasteiger partial charge in [-0.2, -0.15) is 0 Å². The minimum atomic E-state index is -0.314. The Morgan fingerprint density at radius 3 is 2.30 bits per heavy atom. The predicted octanol–water partition coefficient (Wildman–Crippen LogP) is 6.18. The number of phenols is 1. The third-order valence-corrected chi connectivity index (χ3v) is 6.86. The van der Waals surface area contributed by atoms with Crippen LogP contribution in [0.15, 0.2) is 36.4 Å².